The number of carbonyl (C=O) groups is 1. The van der Waals surface area contributed by atoms with Crippen LogP contribution in [0.1, 0.15) is 38.2 Å². The van der Waals surface area contributed by atoms with Gasteiger partial charge in [0.1, 0.15) is 0 Å². The van der Waals surface area contributed by atoms with Crippen LogP contribution in [0, 0.1) is 5.92 Å². The molecule has 0 amide bonds. The number of ether oxygens (including phenoxy) is 2. The number of hydrogen-bond donors (Lipinski definition) is 0. The predicted molar refractivity (Wildman–Crippen MR) is 82.8 cm³/mol. The predicted octanol–water partition coefficient (Wildman–Crippen LogP) is 3.88. The van der Waals surface area contributed by atoms with Crippen LogP contribution in [-0.4, -0.2) is 19.2 Å². The zero-order valence-electron chi connectivity index (χ0n) is 12.7. The molecule has 1 fully saturated rings. The van der Waals surface area contributed by atoms with Crippen LogP contribution in [0.3, 0.4) is 0 Å². The highest BCUT2D eigenvalue weighted by Crippen LogP contribution is 2.28. The molecule has 1 aliphatic carbocycles. The quantitative estimate of drug-likeness (QED) is 0.588. The summed E-state index contributed by atoms with van der Waals surface area (Å²) in [6.45, 7) is 3.69. The average Bonchev–Trinajstić information content (AvgIpc) is 2.49. The van der Waals surface area contributed by atoms with Gasteiger partial charge in [0.05, 0.1) is 19.8 Å². The summed E-state index contributed by atoms with van der Waals surface area (Å²) in [6.07, 6.45) is 5.94. The van der Waals surface area contributed by atoms with E-state index in [4.69, 9.17) is 9.47 Å². The Labute approximate surface area is 127 Å². The van der Waals surface area contributed by atoms with Gasteiger partial charge < -0.3 is 9.47 Å². The second-order valence-corrected chi connectivity index (χ2v) is 5.52. The fraction of sp³-hybridized carbons (Fsp3) is 0.500. The number of rotatable bonds is 6. The molecule has 0 aliphatic heterocycles. The second kappa shape index (κ2) is 8.63. The van der Waals surface area contributed by atoms with Gasteiger partial charge in [-0.05, 0) is 44.1 Å². The van der Waals surface area contributed by atoms with Gasteiger partial charge in [-0.15, -0.1) is 0 Å². The summed E-state index contributed by atoms with van der Waals surface area (Å²) < 4.78 is 10.8. The molecule has 2 rings (SSSR count). The van der Waals surface area contributed by atoms with Crippen molar-refractivity contribution in [1.82, 2.24) is 0 Å². The van der Waals surface area contributed by atoms with Gasteiger partial charge in [-0.3, -0.25) is 0 Å². The van der Waals surface area contributed by atoms with Crippen LogP contribution in [0.2, 0.25) is 0 Å². The first-order valence-electron chi connectivity index (χ1n) is 7.75. The Balaban J connectivity index is 1.75. The minimum absolute atomic E-state index is 0.210. The maximum atomic E-state index is 11.5. The van der Waals surface area contributed by atoms with Crippen LogP contribution < -0.4 is 0 Å². The summed E-state index contributed by atoms with van der Waals surface area (Å²) in [6, 6.07) is 10.2. The summed E-state index contributed by atoms with van der Waals surface area (Å²) in [7, 11) is 0. The minimum Gasteiger partial charge on any atom is -0.463 e. The van der Waals surface area contributed by atoms with Crippen molar-refractivity contribution in [3.8, 4) is 0 Å². The van der Waals surface area contributed by atoms with Crippen molar-refractivity contribution < 1.29 is 14.3 Å². The van der Waals surface area contributed by atoms with Crippen LogP contribution in [0.5, 0.6) is 0 Å². The zero-order valence-corrected chi connectivity index (χ0v) is 12.7. The molecule has 1 aromatic carbocycles. The molecule has 1 atom stereocenters. The molecule has 1 aliphatic rings. The van der Waals surface area contributed by atoms with Gasteiger partial charge in [-0.1, -0.05) is 35.9 Å². The molecule has 114 valence electrons. The van der Waals surface area contributed by atoms with Crippen LogP contribution in [-0.2, 0) is 20.9 Å². The molecule has 0 heterocycles. The lowest BCUT2D eigenvalue weighted by atomic mass is 9.86. The van der Waals surface area contributed by atoms with E-state index in [9.17, 15) is 4.79 Å². The van der Waals surface area contributed by atoms with Crippen LogP contribution >= 0.6 is 0 Å². The van der Waals surface area contributed by atoms with E-state index in [1.165, 1.54) is 17.6 Å². The molecule has 0 N–H and O–H groups in total. The largest absolute Gasteiger partial charge is 0.463 e. The van der Waals surface area contributed by atoms with Gasteiger partial charge in [0.25, 0.3) is 0 Å². The van der Waals surface area contributed by atoms with Crippen LogP contribution in [0.25, 0.3) is 0 Å². The highest BCUT2D eigenvalue weighted by atomic mass is 16.5. The fourth-order valence-corrected chi connectivity index (χ4v) is 2.73. The van der Waals surface area contributed by atoms with Crippen molar-refractivity contribution >= 4 is 5.97 Å². The molecule has 0 unspecified atom stereocenters. The van der Waals surface area contributed by atoms with E-state index >= 15 is 0 Å². The molecule has 3 heteroatoms. The lowest BCUT2D eigenvalue weighted by Crippen LogP contribution is -2.16. The maximum Gasteiger partial charge on any atom is 0.330 e. The summed E-state index contributed by atoms with van der Waals surface area (Å²) >= 11 is 0. The highest BCUT2D eigenvalue weighted by Gasteiger charge is 2.18. The van der Waals surface area contributed by atoms with Crippen molar-refractivity contribution in [1.29, 1.82) is 0 Å². The molecular weight excluding hydrogens is 264 g/mol. The van der Waals surface area contributed by atoms with Gasteiger partial charge >= 0.3 is 5.97 Å². The highest BCUT2D eigenvalue weighted by molar-refractivity contribution is 5.82. The summed E-state index contributed by atoms with van der Waals surface area (Å²) in [4.78, 5) is 11.5. The molecule has 0 spiro atoms. The summed E-state index contributed by atoms with van der Waals surface area (Å²) in [5, 5.41) is 0. The van der Waals surface area contributed by atoms with Crippen LogP contribution in [0.4, 0.5) is 0 Å². The molecule has 3 nitrogen and oxygen atoms in total. The number of allylic oxidation sites excluding steroid dienone is 1. The summed E-state index contributed by atoms with van der Waals surface area (Å²) in [5.41, 5.74) is 2.41. The molecule has 1 aromatic rings. The van der Waals surface area contributed by atoms with E-state index in [1.807, 2.05) is 25.1 Å². The topological polar surface area (TPSA) is 35.5 Å². The SMILES string of the molecule is CCOC(=O)/C=C1/CCC[C@@H](COCc2ccccc2)C1. The van der Waals surface area contributed by atoms with Gasteiger partial charge in [-0.2, -0.15) is 0 Å². The Morgan fingerprint density at radius 1 is 1.33 bits per heavy atom. The minimum atomic E-state index is -0.210. The summed E-state index contributed by atoms with van der Waals surface area (Å²) in [5.74, 6) is 0.307. The van der Waals surface area contributed by atoms with E-state index in [0.29, 0.717) is 19.1 Å². The molecule has 21 heavy (non-hydrogen) atoms. The average molecular weight is 288 g/mol. The van der Waals surface area contributed by atoms with Gasteiger partial charge in [0.2, 0.25) is 0 Å². The third kappa shape index (κ3) is 5.72. The molecule has 1 saturated carbocycles. The third-order valence-electron chi connectivity index (χ3n) is 3.73. The zero-order chi connectivity index (χ0) is 14.9. The van der Waals surface area contributed by atoms with Crippen molar-refractivity contribution in [2.24, 2.45) is 5.92 Å². The van der Waals surface area contributed by atoms with Gasteiger partial charge in [0, 0.05) is 6.08 Å². The van der Waals surface area contributed by atoms with Crippen molar-refractivity contribution in [3.05, 3.63) is 47.5 Å². The molecule has 0 radical (unpaired) electrons. The Morgan fingerprint density at radius 3 is 2.90 bits per heavy atom. The Bertz CT molecular complexity index is 465. The Kier molecular flexibility index (Phi) is 6.48. The number of esters is 1. The first kappa shape index (κ1) is 15.8. The maximum absolute atomic E-state index is 11.5. The van der Waals surface area contributed by atoms with Crippen molar-refractivity contribution in [3.63, 3.8) is 0 Å². The molecule has 0 aromatic heterocycles. The normalized spacial score (nSPS) is 20.4. The number of benzene rings is 1. The van der Waals surface area contributed by atoms with Gasteiger partial charge in [-0.25, -0.2) is 4.79 Å². The first-order valence-corrected chi connectivity index (χ1v) is 7.75. The van der Waals surface area contributed by atoms with E-state index in [0.717, 1.165) is 25.9 Å². The molecule has 0 saturated heterocycles. The molecule has 0 bridgehead atoms. The molecular formula is C18H24O3. The lowest BCUT2D eigenvalue weighted by Gasteiger charge is -2.24. The Morgan fingerprint density at radius 2 is 2.14 bits per heavy atom. The number of carbonyl (C=O) groups excluding carboxylic acids is 1. The lowest BCUT2D eigenvalue weighted by molar-refractivity contribution is -0.137. The number of hydrogen-bond acceptors (Lipinski definition) is 3. The standard InChI is InChI=1S/C18H24O3/c1-2-21-18(19)12-16-9-6-10-17(11-16)14-20-13-15-7-4-3-5-8-15/h3-5,7-8,12,17H,2,6,9-11,13-14H2,1H3/b16-12-/t17-/m1/s1. The second-order valence-electron chi connectivity index (χ2n) is 5.52. The van der Waals surface area contributed by atoms with Gasteiger partial charge in [0.15, 0.2) is 0 Å². The van der Waals surface area contributed by atoms with E-state index < -0.39 is 0 Å². The Hall–Kier alpha value is -1.61. The third-order valence-corrected chi connectivity index (χ3v) is 3.73. The fourth-order valence-electron chi connectivity index (χ4n) is 2.73. The van der Waals surface area contributed by atoms with E-state index in [1.54, 1.807) is 6.08 Å². The van der Waals surface area contributed by atoms with E-state index in [-0.39, 0.29) is 5.97 Å². The smallest absolute Gasteiger partial charge is 0.330 e. The monoisotopic (exact) mass is 288 g/mol. The van der Waals surface area contributed by atoms with Crippen molar-refractivity contribution in [2.45, 2.75) is 39.2 Å². The van der Waals surface area contributed by atoms with Crippen molar-refractivity contribution in [2.75, 3.05) is 13.2 Å². The van der Waals surface area contributed by atoms with Crippen LogP contribution in [0.15, 0.2) is 42.0 Å². The van der Waals surface area contributed by atoms with E-state index in [2.05, 4.69) is 12.1 Å². The first-order chi connectivity index (χ1) is 10.3.